The first-order valence-electron chi connectivity index (χ1n) is 26.5. The van der Waals surface area contributed by atoms with Crippen molar-refractivity contribution in [3.8, 4) is 0 Å². The molecular weight excluding hydrogens is 1050 g/mol. The fourth-order valence-corrected chi connectivity index (χ4v) is 12.7. The van der Waals surface area contributed by atoms with E-state index < -0.39 is 11.9 Å². The molecule has 0 aliphatic carbocycles. The fraction of sp³-hybridized carbons (Fsp3) is 0.518. The van der Waals surface area contributed by atoms with Crippen LogP contribution in [0.5, 0.6) is 0 Å². The number of likely N-dealkylation sites (tertiary alicyclic amines) is 2. The van der Waals surface area contributed by atoms with Crippen LogP contribution in [0, 0.1) is 18.7 Å². The number of ketones is 1. The third-order valence-electron chi connectivity index (χ3n) is 14.5. The maximum absolute atomic E-state index is 13.4. The van der Waals surface area contributed by atoms with Gasteiger partial charge in [0, 0.05) is 82.6 Å². The van der Waals surface area contributed by atoms with Crippen LogP contribution in [-0.2, 0) is 34.5 Å². The predicted molar refractivity (Wildman–Crippen MR) is 303 cm³/mol. The molecule has 3 saturated heterocycles. The van der Waals surface area contributed by atoms with E-state index in [1.807, 2.05) is 13.8 Å². The highest BCUT2D eigenvalue weighted by atomic mass is 127. The summed E-state index contributed by atoms with van der Waals surface area (Å²) in [5.41, 5.74) is 10.3. The number of methoxy groups -OCH3 is 1. The number of hydrogen-bond donors (Lipinski definition) is 3. The van der Waals surface area contributed by atoms with Crippen molar-refractivity contribution in [3.63, 3.8) is 0 Å². The maximum atomic E-state index is 13.4. The van der Waals surface area contributed by atoms with Gasteiger partial charge in [-0.2, -0.15) is 0 Å². The number of Topliss-reactive ketones (excluding diaryl/α,β-unsaturated/α-hetero) is 1. The average molecular weight is 1130 g/mol. The zero-order valence-electron chi connectivity index (χ0n) is 44.0. The number of imidazole rings is 1. The van der Waals surface area contributed by atoms with Gasteiger partial charge in [-0.05, 0) is 159 Å². The molecule has 4 aliphatic rings. The molecule has 4 aliphatic heterocycles. The number of nitrogens with zero attached hydrogens (tertiary/aromatic N) is 7. The molecule has 17 heteroatoms. The molecule has 73 heavy (non-hydrogen) atoms. The van der Waals surface area contributed by atoms with E-state index in [0.717, 1.165) is 87.4 Å². The van der Waals surface area contributed by atoms with Crippen LogP contribution in [0.2, 0.25) is 0 Å². The van der Waals surface area contributed by atoms with Crippen LogP contribution in [0.4, 0.5) is 15.9 Å². The van der Waals surface area contributed by atoms with Crippen molar-refractivity contribution in [2.45, 2.75) is 111 Å². The van der Waals surface area contributed by atoms with Crippen LogP contribution in [0.25, 0.3) is 16.6 Å². The van der Waals surface area contributed by atoms with Crippen LogP contribution >= 0.6 is 28.4 Å². The van der Waals surface area contributed by atoms with Crippen molar-refractivity contribution < 1.29 is 23.5 Å². The number of halogens is 2. The Kier molecular flexibility index (Phi) is 20.8. The van der Waals surface area contributed by atoms with Gasteiger partial charge in [0.25, 0.3) is 5.91 Å². The third-order valence-corrected chi connectivity index (χ3v) is 16.7. The number of nitrogens with one attached hydrogen (secondary N) is 3. The lowest BCUT2D eigenvalue weighted by Crippen LogP contribution is -2.42. The number of benzene rings is 2. The summed E-state index contributed by atoms with van der Waals surface area (Å²) < 4.78 is 23.4. The first-order valence-corrected chi connectivity index (χ1v) is 30.5. The largest absolute Gasteiger partial charge is 0.377 e. The molecule has 14 nitrogen and oxygen atoms in total. The molecule has 0 spiro atoms. The van der Waals surface area contributed by atoms with Crippen molar-refractivity contribution >= 4 is 74.1 Å². The highest BCUT2D eigenvalue weighted by Crippen LogP contribution is 2.39. The van der Waals surface area contributed by atoms with E-state index in [4.69, 9.17) is 9.72 Å². The SMILES string of the molecule is CC.CCCN(CCC)CC1CCN(C(=O)c2ccc(C3CCN(Cc4cc5c(n4C)NCC=C5c4ccc5nc(COC)n(PI)c5c4)CC3)cc2)CC1.Cc1ncc(NC2CCC(=O)CNC2=O)cc1F. The Labute approximate surface area is 447 Å². The Balaban J connectivity index is 0.000000327. The summed E-state index contributed by atoms with van der Waals surface area (Å²) in [6.45, 7) is 19.9. The van der Waals surface area contributed by atoms with E-state index in [9.17, 15) is 18.8 Å². The zero-order chi connectivity index (χ0) is 52.0. The molecule has 9 rings (SSSR count). The summed E-state index contributed by atoms with van der Waals surface area (Å²) in [4.78, 5) is 52.3. The van der Waals surface area contributed by atoms with E-state index in [1.165, 1.54) is 78.5 Å². The highest BCUT2D eigenvalue weighted by molar-refractivity contribution is 14.2. The second kappa shape index (κ2) is 27.2. The number of rotatable bonds is 16. The first-order chi connectivity index (χ1) is 35.5. The topological polar surface area (TPSA) is 142 Å². The monoisotopic (exact) mass is 1130 g/mol. The van der Waals surface area contributed by atoms with Crippen LogP contribution in [0.15, 0.2) is 66.9 Å². The molecule has 2 aromatic carbocycles. The van der Waals surface area contributed by atoms with E-state index in [2.05, 4.69) is 142 Å². The zero-order valence-corrected chi connectivity index (χ0v) is 47.2. The van der Waals surface area contributed by atoms with Gasteiger partial charge in [-0.25, -0.2) is 9.37 Å². The number of anilines is 2. The minimum Gasteiger partial charge on any atom is -0.377 e. The van der Waals surface area contributed by atoms with Crippen LogP contribution in [0.1, 0.15) is 129 Å². The lowest BCUT2D eigenvalue weighted by molar-refractivity contribution is -0.123. The number of pyridine rings is 1. The van der Waals surface area contributed by atoms with E-state index in [-0.39, 0.29) is 24.1 Å². The Morgan fingerprint density at radius 1 is 0.959 bits per heavy atom. The maximum Gasteiger partial charge on any atom is 0.253 e. The molecule has 0 radical (unpaired) electrons. The normalized spacial score (nSPS) is 17.9. The van der Waals surface area contributed by atoms with E-state index in [0.29, 0.717) is 49.0 Å². The number of aryl methyl sites for hydroxylation is 1. The number of piperidine rings is 2. The smallest absolute Gasteiger partial charge is 0.253 e. The number of hydrogen-bond acceptors (Lipinski definition) is 10. The summed E-state index contributed by atoms with van der Waals surface area (Å²) in [7, 11) is 3.92. The molecule has 3 aromatic heterocycles. The fourth-order valence-electron chi connectivity index (χ4n) is 10.6. The third kappa shape index (κ3) is 14.2. The van der Waals surface area contributed by atoms with Crippen molar-refractivity contribution in [3.05, 3.63) is 112 Å². The molecule has 0 bridgehead atoms. The van der Waals surface area contributed by atoms with Crippen LogP contribution in [-0.4, -0.2) is 123 Å². The minimum absolute atomic E-state index is 0.000798. The lowest BCUT2D eigenvalue weighted by Gasteiger charge is -2.35. The van der Waals surface area contributed by atoms with Crippen LogP contribution in [0.3, 0.4) is 0 Å². The molecule has 2 atom stereocenters. The molecule has 3 fully saturated rings. The van der Waals surface area contributed by atoms with Crippen molar-refractivity contribution in [1.82, 2.24) is 38.9 Å². The lowest BCUT2D eigenvalue weighted by atomic mass is 9.88. The van der Waals surface area contributed by atoms with Gasteiger partial charge in [-0.1, -0.05) is 52.0 Å². The first kappa shape index (κ1) is 56.0. The highest BCUT2D eigenvalue weighted by Gasteiger charge is 2.28. The van der Waals surface area contributed by atoms with E-state index in [1.54, 1.807) is 14.0 Å². The average Bonchev–Trinajstić information content (AvgIpc) is 3.88. The molecule has 5 aromatic rings. The molecule has 7 heterocycles. The van der Waals surface area contributed by atoms with Gasteiger partial charge < -0.3 is 35.1 Å². The molecule has 0 saturated carbocycles. The number of amides is 2. The number of carbonyl (C=O) groups is 3. The summed E-state index contributed by atoms with van der Waals surface area (Å²) >= 11 is 2.43. The quantitative estimate of drug-likeness (QED) is 0.0646. The van der Waals surface area contributed by atoms with Gasteiger partial charge in [-0.3, -0.25) is 28.6 Å². The molecule has 2 amide bonds. The van der Waals surface area contributed by atoms with Gasteiger partial charge in [0.05, 0.1) is 35.2 Å². The standard InChI is InChI=1S/C42H57IN7O2P.C12H14FN3O2.C2H6/c1-5-19-47(20-6-2)27-30-14-23-49(24-15-30)42(51)33-9-7-31(8-10-33)32-16-21-48(22-17-32)28-35-26-37-36(13-18-44-41(37)46(35)3)34-11-12-38-39(25-34)50(53-43)40(45-38)29-52-4;1-7-10(13)4-8(5-14-7)16-11-3-2-9(17)6-15-12(11)18;1-2/h7-13,25-26,30,32,44,53H,5-6,14-24,27-29H2,1-4H3;4-5,11,16H,2-3,6H2,1H3,(H,15,18);1-2H3. The molecule has 2 unspecified atom stereocenters. The van der Waals surface area contributed by atoms with Crippen molar-refractivity contribution in [1.29, 1.82) is 0 Å². The summed E-state index contributed by atoms with van der Waals surface area (Å²) in [6, 6.07) is 18.4. The van der Waals surface area contributed by atoms with Crippen LogP contribution < -0.4 is 16.0 Å². The van der Waals surface area contributed by atoms with Gasteiger partial charge in [0.1, 0.15) is 30.1 Å². The predicted octanol–water partition coefficient (Wildman–Crippen LogP) is 10.3. The Morgan fingerprint density at radius 2 is 1.68 bits per heavy atom. The number of carbonyl (C=O) groups excluding carboxylic acids is 3. The Hall–Kier alpha value is -4.74. The van der Waals surface area contributed by atoms with Gasteiger partial charge in [-0.15, -0.1) is 0 Å². The van der Waals surface area contributed by atoms with Gasteiger partial charge in [0.2, 0.25) is 5.91 Å². The molecule has 3 N–H and O–H groups in total. The Morgan fingerprint density at radius 3 is 2.36 bits per heavy atom. The minimum atomic E-state index is -0.527. The Bertz CT molecular complexity index is 2670. The van der Waals surface area contributed by atoms with Crippen molar-refractivity contribution in [2.75, 3.05) is 76.6 Å². The van der Waals surface area contributed by atoms with Gasteiger partial charge in [0.15, 0.2) is 5.78 Å². The van der Waals surface area contributed by atoms with Gasteiger partial charge >= 0.3 is 0 Å². The summed E-state index contributed by atoms with van der Waals surface area (Å²) in [5, 5.41) is 9.07. The number of ether oxygens (including phenoxy) is 1. The molecular formula is C56H77FIN10O4P. The summed E-state index contributed by atoms with van der Waals surface area (Å²) in [5.74, 6) is 2.94. The summed E-state index contributed by atoms with van der Waals surface area (Å²) in [6.07, 6.45) is 12.0. The number of fused-ring (bicyclic) bond motifs is 2. The second-order valence-electron chi connectivity index (χ2n) is 19.5. The second-order valence-corrected chi connectivity index (χ2v) is 21.6. The van der Waals surface area contributed by atoms with E-state index >= 15 is 0 Å². The molecule has 394 valence electrons. The van der Waals surface area contributed by atoms with Crippen molar-refractivity contribution in [2.24, 2.45) is 13.0 Å². The number of aromatic nitrogens is 4.